The van der Waals surface area contributed by atoms with E-state index in [0.29, 0.717) is 11.8 Å². The third kappa shape index (κ3) is 5.67. The van der Waals surface area contributed by atoms with Crippen LogP contribution in [0.1, 0.15) is 64.1 Å². The summed E-state index contributed by atoms with van der Waals surface area (Å²) in [6.07, 6.45) is 1.11. The fourth-order valence-corrected chi connectivity index (χ4v) is 2.63. The Morgan fingerprint density at radius 3 is 2.04 bits per heavy atom. The molecule has 1 aromatic rings. The van der Waals surface area contributed by atoms with E-state index in [9.17, 15) is 9.59 Å². The van der Waals surface area contributed by atoms with Crippen molar-refractivity contribution in [1.29, 1.82) is 0 Å². The van der Waals surface area contributed by atoms with Gasteiger partial charge in [-0.3, -0.25) is 10.1 Å². The first-order valence-corrected chi connectivity index (χ1v) is 8.31. The third-order valence-corrected chi connectivity index (χ3v) is 4.38. The first kappa shape index (κ1) is 19.2. The number of nitrogens with one attached hydrogen (secondary N) is 1. The normalized spacial score (nSPS) is 15.0. The van der Waals surface area contributed by atoms with Gasteiger partial charge in [-0.25, -0.2) is 4.79 Å². The average molecular weight is 320 g/mol. The molecular formula is C18H30N3O2+. The molecule has 0 aliphatic carbocycles. The van der Waals surface area contributed by atoms with E-state index in [-0.39, 0.29) is 18.0 Å². The number of primary amides is 1. The predicted octanol–water partition coefficient (Wildman–Crippen LogP) is 2.04. The van der Waals surface area contributed by atoms with Crippen molar-refractivity contribution in [2.45, 2.75) is 59.0 Å². The molecule has 1 aromatic carbocycles. The van der Waals surface area contributed by atoms with Crippen molar-refractivity contribution < 1.29 is 14.9 Å². The van der Waals surface area contributed by atoms with Crippen LogP contribution in [0.2, 0.25) is 0 Å². The minimum Gasteiger partial charge on any atom is -0.351 e. The van der Waals surface area contributed by atoms with Crippen molar-refractivity contribution in [1.82, 2.24) is 5.32 Å². The number of hydrogen-bond donors (Lipinski definition) is 3. The molecule has 0 saturated carbocycles. The van der Waals surface area contributed by atoms with Gasteiger partial charge < -0.3 is 11.1 Å². The molecule has 3 atom stereocenters. The maximum Gasteiger partial charge on any atom is 0.319 e. The molecular weight excluding hydrogens is 290 g/mol. The van der Waals surface area contributed by atoms with E-state index < -0.39 is 6.03 Å². The van der Waals surface area contributed by atoms with Crippen molar-refractivity contribution >= 4 is 11.9 Å². The van der Waals surface area contributed by atoms with E-state index in [0.717, 1.165) is 6.42 Å². The second-order valence-electron chi connectivity index (χ2n) is 6.58. The monoisotopic (exact) mass is 320 g/mol. The van der Waals surface area contributed by atoms with Gasteiger partial charge in [-0.15, -0.1) is 0 Å². The van der Waals surface area contributed by atoms with E-state index in [4.69, 9.17) is 5.73 Å². The standard InChI is InChI=1S/C18H29N3O2/c1-6-12(4)14-7-9-15(10-8-14)16(11(2)3)20-13(5)17(22)21-18(19)23/h7-13,16,20H,6H2,1-5H3,(H3,19,21,22,23)/p+1/t12-,13+,16+/m1/s1. The predicted molar refractivity (Wildman–Crippen MR) is 91.8 cm³/mol. The summed E-state index contributed by atoms with van der Waals surface area (Å²) in [6, 6.07) is 7.57. The SMILES string of the molecule is CC[C@@H](C)c1ccc([C@@H]([NH2+][C@@H](C)C(=O)NC(N)=O)C(C)C)cc1. The molecule has 0 radical (unpaired) electrons. The second-order valence-corrected chi connectivity index (χ2v) is 6.58. The van der Waals surface area contributed by atoms with Gasteiger partial charge in [-0.1, -0.05) is 52.0 Å². The largest absolute Gasteiger partial charge is 0.351 e. The van der Waals surface area contributed by atoms with Crippen LogP contribution >= 0.6 is 0 Å². The van der Waals surface area contributed by atoms with Crippen molar-refractivity contribution in [3.63, 3.8) is 0 Å². The Bertz CT molecular complexity index is 526. The molecule has 5 nitrogen and oxygen atoms in total. The molecule has 128 valence electrons. The molecule has 1 rings (SSSR count). The Hall–Kier alpha value is -1.88. The molecule has 3 amide bonds. The van der Waals surface area contributed by atoms with Crippen LogP contribution in [-0.2, 0) is 4.79 Å². The lowest BCUT2D eigenvalue weighted by molar-refractivity contribution is -0.719. The summed E-state index contributed by atoms with van der Waals surface area (Å²) in [7, 11) is 0. The first-order chi connectivity index (χ1) is 10.8. The summed E-state index contributed by atoms with van der Waals surface area (Å²) < 4.78 is 0. The lowest BCUT2D eigenvalue weighted by Gasteiger charge is -2.23. The zero-order chi connectivity index (χ0) is 17.6. The third-order valence-electron chi connectivity index (χ3n) is 4.38. The van der Waals surface area contributed by atoms with Gasteiger partial charge in [0.15, 0.2) is 6.04 Å². The number of carbonyl (C=O) groups excluding carboxylic acids is 2. The molecule has 0 aliphatic rings. The van der Waals surface area contributed by atoms with Crippen LogP contribution in [-0.4, -0.2) is 18.0 Å². The fraction of sp³-hybridized carbons (Fsp3) is 0.556. The van der Waals surface area contributed by atoms with Crippen LogP contribution in [0.5, 0.6) is 0 Å². The Balaban J connectivity index is 2.86. The zero-order valence-electron chi connectivity index (χ0n) is 14.8. The van der Waals surface area contributed by atoms with E-state index in [2.05, 4.69) is 57.3 Å². The number of urea groups is 1. The highest BCUT2D eigenvalue weighted by atomic mass is 16.2. The van der Waals surface area contributed by atoms with Gasteiger partial charge >= 0.3 is 6.03 Å². The van der Waals surface area contributed by atoms with Gasteiger partial charge in [-0.05, 0) is 24.8 Å². The van der Waals surface area contributed by atoms with Crippen molar-refractivity contribution in [2.24, 2.45) is 11.7 Å². The number of rotatable bonds is 7. The van der Waals surface area contributed by atoms with Gasteiger partial charge in [0.25, 0.3) is 5.91 Å². The van der Waals surface area contributed by atoms with Gasteiger partial charge in [0.05, 0.1) is 0 Å². The minimum atomic E-state index is -0.811. The number of amides is 3. The quantitative estimate of drug-likeness (QED) is 0.718. The molecule has 0 heterocycles. The molecule has 0 saturated heterocycles. The lowest BCUT2D eigenvalue weighted by Crippen LogP contribution is -2.93. The highest BCUT2D eigenvalue weighted by Gasteiger charge is 2.26. The molecule has 23 heavy (non-hydrogen) atoms. The van der Waals surface area contributed by atoms with E-state index in [1.165, 1.54) is 11.1 Å². The van der Waals surface area contributed by atoms with Crippen LogP contribution in [0, 0.1) is 5.92 Å². The number of benzene rings is 1. The van der Waals surface area contributed by atoms with Crippen LogP contribution in [0.15, 0.2) is 24.3 Å². The lowest BCUT2D eigenvalue weighted by atomic mass is 9.91. The average Bonchev–Trinajstić information content (AvgIpc) is 2.50. The number of quaternary nitrogens is 1. The molecule has 0 aromatic heterocycles. The summed E-state index contributed by atoms with van der Waals surface area (Å²) in [4.78, 5) is 22.7. The highest BCUT2D eigenvalue weighted by Crippen LogP contribution is 2.23. The molecule has 0 bridgehead atoms. The number of imide groups is 1. The number of carbonyl (C=O) groups is 2. The zero-order valence-corrected chi connectivity index (χ0v) is 14.8. The smallest absolute Gasteiger partial charge is 0.319 e. The van der Waals surface area contributed by atoms with Gasteiger partial charge in [0, 0.05) is 11.5 Å². The minimum absolute atomic E-state index is 0.148. The summed E-state index contributed by atoms with van der Waals surface area (Å²) in [5, 5.41) is 4.13. The summed E-state index contributed by atoms with van der Waals surface area (Å²) in [6.45, 7) is 10.4. The molecule has 0 fully saturated rings. The van der Waals surface area contributed by atoms with Gasteiger partial charge in [0.1, 0.15) is 6.04 Å². The summed E-state index contributed by atoms with van der Waals surface area (Å²) in [5.74, 6) is 0.540. The van der Waals surface area contributed by atoms with Crippen LogP contribution in [0.3, 0.4) is 0 Å². The molecule has 5 heteroatoms. The Morgan fingerprint density at radius 2 is 1.61 bits per heavy atom. The Morgan fingerprint density at radius 1 is 1.09 bits per heavy atom. The van der Waals surface area contributed by atoms with Gasteiger partial charge in [0.2, 0.25) is 0 Å². The molecule has 0 aliphatic heterocycles. The van der Waals surface area contributed by atoms with Crippen LogP contribution in [0.25, 0.3) is 0 Å². The second kappa shape index (κ2) is 8.67. The van der Waals surface area contributed by atoms with Crippen LogP contribution < -0.4 is 16.4 Å². The molecule has 0 unspecified atom stereocenters. The number of hydrogen-bond acceptors (Lipinski definition) is 2. The van der Waals surface area contributed by atoms with Crippen molar-refractivity contribution in [2.75, 3.05) is 0 Å². The number of nitrogens with two attached hydrogens (primary N) is 2. The topological polar surface area (TPSA) is 88.8 Å². The maximum absolute atomic E-state index is 11.9. The van der Waals surface area contributed by atoms with Crippen molar-refractivity contribution in [3.05, 3.63) is 35.4 Å². The first-order valence-electron chi connectivity index (χ1n) is 8.31. The van der Waals surface area contributed by atoms with Crippen LogP contribution in [0.4, 0.5) is 4.79 Å². The molecule has 0 spiro atoms. The van der Waals surface area contributed by atoms with Gasteiger partial charge in [-0.2, -0.15) is 0 Å². The Kier molecular flexibility index (Phi) is 7.23. The van der Waals surface area contributed by atoms with E-state index in [1.54, 1.807) is 6.92 Å². The molecule has 5 N–H and O–H groups in total. The fourth-order valence-electron chi connectivity index (χ4n) is 2.63. The maximum atomic E-state index is 11.9. The summed E-state index contributed by atoms with van der Waals surface area (Å²) in [5.41, 5.74) is 7.52. The Labute approximate surface area is 139 Å². The highest BCUT2D eigenvalue weighted by molar-refractivity contribution is 5.95. The van der Waals surface area contributed by atoms with Crippen molar-refractivity contribution in [3.8, 4) is 0 Å². The van der Waals surface area contributed by atoms with E-state index in [1.807, 2.05) is 5.32 Å². The van der Waals surface area contributed by atoms with E-state index >= 15 is 0 Å². The summed E-state index contributed by atoms with van der Waals surface area (Å²) >= 11 is 0.